The average Bonchev–Trinajstić information content (AvgIpc) is 3.09. The Morgan fingerprint density at radius 2 is 1.65 bits per heavy atom. The highest BCUT2D eigenvalue weighted by atomic mass is 35.5. The topological polar surface area (TPSA) is 76.1 Å². The number of hydrogen-bond acceptors (Lipinski definition) is 5. The zero-order chi connectivity index (χ0) is 24.6. The maximum Gasteiger partial charge on any atom is 0.300 e. The number of rotatable bonds is 5. The van der Waals surface area contributed by atoms with Gasteiger partial charge in [0.1, 0.15) is 17.3 Å². The lowest BCUT2D eigenvalue weighted by Crippen LogP contribution is -2.29. The first-order chi connectivity index (χ1) is 16.3. The maximum absolute atomic E-state index is 13.4. The lowest BCUT2D eigenvalue weighted by molar-refractivity contribution is -0.132. The van der Waals surface area contributed by atoms with Crippen molar-refractivity contribution in [3.63, 3.8) is 0 Å². The summed E-state index contributed by atoms with van der Waals surface area (Å²) in [7, 11) is 2.88. The number of hydrogen-bond donors (Lipinski definition) is 1. The molecule has 1 aliphatic rings. The van der Waals surface area contributed by atoms with Gasteiger partial charge in [0.25, 0.3) is 11.7 Å². The van der Waals surface area contributed by atoms with Crippen LogP contribution in [0.15, 0.2) is 66.2 Å². The number of ketones is 1. The summed E-state index contributed by atoms with van der Waals surface area (Å²) in [6.07, 6.45) is 0. The molecule has 0 saturated carbocycles. The van der Waals surface area contributed by atoms with Crippen LogP contribution in [-0.4, -0.2) is 31.0 Å². The third-order valence-corrected chi connectivity index (χ3v) is 6.23. The zero-order valence-electron chi connectivity index (χ0n) is 19.3. The molecular formula is C27H24ClNO5. The summed E-state index contributed by atoms with van der Waals surface area (Å²) in [5.41, 5.74) is 3.26. The number of Topliss-reactive ketones (excluding diaryl/α,β-unsaturated/α-hetero) is 1. The van der Waals surface area contributed by atoms with Crippen LogP contribution < -0.4 is 14.4 Å². The molecule has 1 unspecified atom stereocenters. The minimum atomic E-state index is -0.839. The predicted octanol–water partition coefficient (Wildman–Crippen LogP) is 5.60. The van der Waals surface area contributed by atoms with E-state index in [1.165, 1.54) is 31.3 Å². The highest BCUT2D eigenvalue weighted by Gasteiger charge is 2.47. The molecule has 0 aliphatic carbocycles. The van der Waals surface area contributed by atoms with E-state index >= 15 is 0 Å². The van der Waals surface area contributed by atoms with Crippen molar-refractivity contribution in [3.8, 4) is 11.5 Å². The number of aliphatic hydroxyl groups is 1. The molecule has 1 fully saturated rings. The van der Waals surface area contributed by atoms with Gasteiger partial charge in [-0.15, -0.1) is 0 Å². The van der Waals surface area contributed by atoms with Gasteiger partial charge in [0.15, 0.2) is 0 Å². The highest BCUT2D eigenvalue weighted by Crippen LogP contribution is 2.45. The average molecular weight is 478 g/mol. The fourth-order valence-corrected chi connectivity index (χ4v) is 4.49. The van der Waals surface area contributed by atoms with Gasteiger partial charge >= 0.3 is 0 Å². The van der Waals surface area contributed by atoms with Gasteiger partial charge in [0.2, 0.25) is 0 Å². The largest absolute Gasteiger partial charge is 0.507 e. The number of benzene rings is 3. The Hall–Kier alpha value is -3.77. The lowest BCUT2D eigenvalue weighted by Gasteiger charge is -2.27. The second-order valence-corrected chi connectivity index (χ2v) is 8.46. The van der Waals surface area contributed by atoms with Gasteiger partial charge in [-0.05, 0) is 48.7 Å². The van der Waals surface area contributed by atoms with Gasteiger partial charge in [-0.1, -0.05) is 48.0 Å². The molecular weight excluding hydrogens is 454 g/mol. The van der Waals surface area contributed by atoms with Gasteiger partial charge in [0, 0.05) is 11.8 Å². The van der Waals surface area contributed by atoms with E-state index in [4.69, 9.17) is 21.1 Å². The van der Waals surface area contributed by atoms with Gasteiger partial charge in [-0.3, -0.25) is 14.5 Å². The number of anilines is 1. The van der Waals surface area contributed by atoms with Crippen molar-refractivity contribution in [1.82, 2.24) is 0 Å². The van der Waals surface area contributed by atoms with Crippen molar-refractivity contribution in [2.75, 3.05) is 19.1 Å². The summed E-state index contributed by atoms with van der Waals surface area (Å²) in [6.45, 7) is 3.81. The minimum Gasteiger partial charge on any atom is -0.507 e. The molecule has 174 valence electrons. The van der Waals surface area contributed by atoms with Crippen molar-refractivity contribution < 1.29 is 24.2 Å². The second kappa shape index (κ2) is 9.23. The number of ether oxygens (including phenoxy) is 2. The molecule has 0 aromatic heterocycles. The molecule has 0 bridgehead atoms. The van der Waals surface area contributed by atoms with Crippen molar-refractivity contribution in [3.05, 3.63) is 93.5 Å². The monoisotopic (exact) mass is 477 g/mol. The Balaban J connectivity index is 2.03. The van der Waals surface area contributed by atoms with Crippen LogP contribution in [0.25, 0.3) is 5.76 Å². The van der Waals surface area contributed by atoms with Crippen LogP contribution in [0.4, 0.5) is 5.69 Å². The van der Waals surface area contributed by atoms with E-state index in [1.807, 2.05) is 56.3 Å². The standard InChI is InChI=1S/C27H24ClNO5/c1-15-8-7-10-17(12-15)29-24(18-11-6-5-9-16(18)2)23(26(31)27(29)32)25(30)19-13-22(34-4)20(28)14-21(19)33-3/h5-14,24,30H,1-4H3/b25-23+. The molecule has 4 rings (SSSR count). The van der Waals surface area contributed by atoms with E-state index in [0.717, 1.165) is 16.7 Å². The molecule has 1 atom stereocenters. The van der Waals surface area contributed by atoms with Crippen LogP contribution in [0.2, 0.25) is 5.02 Å². The van der Waals surface area contributed by atoms with Gasteiger partial charge in [-0.25, -0.2) is 0 Å². The molecule has 6 nitrogen and oxygen atoms in total. The lowest BCUT2D eigenvalue weighted by atomic mass is 9.92. The third-order valence-electron chi connectivity index (χ3n) is 5.94. The molecule has 7 heteroatoms. The SMILES string of the molecule is COc1cc(/C(O)=C2\C(=O)C(=O)N(c3cccc(C)c3)C2c2ccccc2C)c(OC)cc1Cl. The summed E-state index contributed by atoms with van der Waals surface area (Å²) in [5, 5.41) is 11.8. The van der Waals surface area contributed by atoms with E-state index in [-0.39, 0.29) is 27.7 Å². The fourth-order valence-electron chi connectivity index (χ4n) is 4.26. The Morgan fingerprint density at radius 1 is 0.941 bits per heavy atom. The van der Waals surface area contributed by atoms with Crippen molar-refractivity contribution >= 4 is 34.7 Å². The third kappa shape index (κ3) is 3.90. The van der Waals surface area contributed by atoms with Crippen LogP contribution in [0.3, 0.4) is 0 Å². The predicted molar refractivity (Wildman–Crippen MR) is 132 cm³/mol. The van der Waals surface area contributed by atoms with Crippen LogP contribution in [0.5, 0.6) is 11.5 Å². The number of amides is 1. The van der Waals surface area contributed by atoms with Crippen LogP contribution in [0.1, 0.15) is 28.3 Å². The first kappa shape index (κ1) is 23.4. The molecule has 3 aromatic carbocycles. The van der Waals surface area contributed by atoms with Gasteiger partial charge in [-0.2, -0.15) is 0 Å². The smallest absolute Gasteiger partial charge is 0.300 e. The summed E-state index contributed by atoms with van der Waals surface area (Å²) in [4.78, 5) is 28.2. The number of nitrogens with zero attached hydrogens (tertiary/aromatic N) is 1. The van der Waals surface area contributed by atoms with E-state index < -0.39 is 17.7 Å². The van der Waals surface area contributed by atoms with Crippen LogP contribution in [0, 0.1) is 13.8 Å². The van der Waals surface area contributed by atoms with Gasteiger partial charge < -0.3 is 14.6 Å². The Labute approximate surface area is 203 Å². The number of carbonyl (C=O) groups excluding carboxylic acids is 2. The van der Waals surface area contributed by atoms with Crippen molar-refractivity contribution in [2.24, 2.45) is 0 Å². The zero-order valence-corrected chi connectivity index (χ0v) is 20.0. The number of halogens is 1. The molecule has 0 spiro atoms. The summed E-state index contributed by atoms with van der Waals surface area (Å²) in [5.74, 6) is -1.34. The molecule has 1 N–H and O–H groups in total. The number of aryl methyl sites for hydroxylation is 2. The highest BCUT2D eigenvalue weighted by molar-refractivity contribution is 6.51. The Kier molecular flexibility index (Phi) is 6.35. The van der Waals surface area contributed by atoms with E-state index in [9.17, 15) is 14.7 Å². The first-order valence-corrected chi connectivity index (χ1v) is 11.0. The second-order valence-electron chi connectivity index (χ2n) is 8.05. The van der Waals surface area contributed by atoms with Crippen LogP contribution >= 0.6 is 11.6 Å². The summed E-state index contributed by atoms with van der Waals surface area (Å²) < 4.78 is 10.7. The molecule has 1 saturated heterocycles. The Bertz CT molecular complexity index is 1330. The van der Waals surface area contributed by atoms with Crippen molar-refractivity contribution in [2.45, 2.75) is 19.9 Å². The minimum absolute atomic E-state index is 0.0384. The molecule has 34 heavy (non-hydrogen) atoms. The fraction of sp³-hybridized carbons (Fsp3) is 0.185. The molecule has 3 aromatic rings. The van der Waals surface area contributed by atoms with E-state index in [1.54, 1.807) is 6.07 Å². The van der Waals surface area contributed by atoms with E-state index in [2.05, 4.69) is 0 Å². The van der Waals surface area contributed by atoms with E-state index in [0.29, 0.717) is 11.4 Å². The quantitative estimate of drug-likeness (QED) is 0.294. The molecule has 0 radical (unpaired) electrons. The number of aliphatic hydroxyl groups excluding tert-OH is 1. The molecule has 1 heterocycles. The molecule has 1 aliphatic heterocycles. The number of carbonyl (C=O) groups is 2. The first-order valence-electron chi connectivity index (χ1n) is 10.6. The maximum atomic E-state index is 13.4. The number of methoxy groups -OCH3 is 2. The Morgan fingerprint density at radius 3 is 2.29 bits per heavy atom. The van der Waals surface area contributed by atoms with Crippen LogP contribution in [-0.2, 0) is 9.59 Å². The van der Waals surface area contributed by atoms with Gasteiger partial charge in [0.05, 0.1) is 36.4 Å². The summed E-state index contributed by atoms with van der Waals surface area (Å²) in [6, 6.07) is 17.0. The normalized spacial score (nSPS) is 17.2. The summed E-state index contributed by atoms with van der Waals surface area (Å²) >= 11 is 6.23. The van der Waals surface area contributed by atoms with Crippen molar-refractivity contribution in [1.29, 1.82) is 0 Å². The molecule has 1 amide bonds.